The van der Waals surface area contributed by atoms with Gasteiger partial charge in [-0.1, -0.05) is 29.8 Å². The molecule has 0 amide bonds. The molecule has 0 aliphatic carbocycles. The predicted octanol–water partition coefficient (Wildman–Crippen LogP) is 4.52. The van der Waals surface area contributed by atoms with Crippen LogP contribution in [0.5, 0.6) is 10.9 Å². The van der Waals surface area contributed by atoms with E-state index < -0.39 is 0 Å². The van der Waals surface area contributed by atoms with Crippen molar-refractivity contribution in [2.24, 2.45) is 0 Å². The summed E-state index contributed by atoms with van der Waals surface area (Å²) >= 11 is 4.74. The van der Waals surface area contributed by atoms with Crippen molar-refractivity contribution in [2.45, 2.75) is 26.7 Å². The number of hydrogen-bond acceptors (Lipinski definition) is 4. The van der Waals surface area contributed by atoms with Gasteiger partial charge in [-0.2, -0.15) is 9.36 Å². The fourth-order valence-electron chi connectivity index (χ4n) is 1.28. The first kappa shape index (κ1) is 12.5. The summed E-state index contributed by atoms with van der Waals surface area (Å²) in [4.78, 5) is 4.33. The Bertz CT molecular complexity index is 525. The van der Waals surface area contributed by atoms with Gasteiger partial charge in [0.25, 0.3) is 5.19 Å². The Hall–Kier alpha value is -0.940. The molecule has 0 unspecified atom stereocenters. The molecule has 17 heavy (non-hydrogen) atoms. The van der Waals surface area contributed by atoms with E-state index in [-0.39, 0.29) is 0 Å². The molecule has 0 radical (unpaired) electrons. The zero-order chi connectivity index (χ0) is 12.4. The third-order valence-corrected chi connectivity index (χ3v) is 3.77. The van der Waals surface area contributed by atoms with Crippen molar-refractivity contribution in [2.75, 3.05) is 0 Å². The molecule has 90 valence electrons. The minimum Gasteiger partial charge on any atom is -0.430 e. The van der Waals surface area contributed by atoms with E-state index in [4.69, 9.17) is 4.74 Å². The van der Waals surface area contributed by atoms with Gasteiger partial charge in [-0.05, 0) is 30.7 Å². The van der Waals surface area contributed by atoms with Crippen LogP contribution in [0.1, 0.15) is 31.2 Å². The molecule has 0 fully saturated rings. The van der Waals surface area contributed by atoms with Crippen molar-refractivity contribution in [3.8, 4) is 10.9 Å². The van der Waals surface area contributed by atoms with Crippen LogP contribution in [0.25, 0.3) is 0 Å². The van der Waals surface area contributed by atoms with Crippen LogP contribution in [0, 0.1) is 6.92 Å². The van der Waals surface area contributed by atoms with Gasteiger partial charge in [0.1, 0.15) is 11.6 Å². The van der Waals surface area contributed by atoms with Crippen molar-refractivity contribution >= 4 is 27.5 Å². The monoisotopic (exact) mass is 312 g/mol. The second-order valence-electron chi connectivity index (χ2n) is 4.09. The van der Waals surface area contributed by atoms with Crippen molar-refractivity contribution in [3.63, 3.8) is 0 Å². The average molecular weight is 313 g/mol. The topological polar surface area (TPSA) is 35.0 Å². The summed E-state index contributed by atoms with van der Waals surface area (Å²) in [5.74, 6) is 1.95. The van der Waals surface area contributed by atoms with Crippen LogP contribution in [0.3, 0.4) is 0 Å². The number of rotatable bonds is 3. The molecule has 0 bridgehead atoms. The van der Waals surface area contributed by atoms with Gasteiger partial charge in [0.2, 0.25) is 0 Å². The van der Waals surface area contributed by atoms with Crippen LogP contribution in [0.2, 0.25) is 0 Å². The lowest BCUT2D eigenvalue weighted by atomic mass is 10.2. The molecule has 0 N–H and O–H groups in total. The van der Waals surface area contributed by atoms with Gasteiger partial charge in [0.15, 0.2) is 0 Å². The summed E-state index contributed by atoms with van der Waals surface area (Å²) in [7, 11) is 0. The van der Waals surface area contributed by atoms with Gasteiger partial charge in [-0.3, -0.25) is 0 Å². The summed E-state index contributed by atoms with van der Waals surface area (Å²) in [6, 6.07) is 5.85. The fraction of sp³-hybridized carbons (Fsp3) is 0.333. The number of hydrogen-bond donors (Lipinski definition) is 0. The minimum atomic E-state index is 0.329. The van der Waals surface area contributed by atoms with Crippen LogP contribution >= 0.6 is 27.5 Å². The predicted molar refractivity (Wildman–Crippen MR) is 73.0 cm³/mol. The number of aryl methyl sites for hydroxylation is 1. The van der Waals surface area contributed by atoms with E-state index in [1.54, 1.807) is 0 Å². The zero-order valence-electron chi connectivity index (χ0n) is 9.90. The maximum absolute atomic E-state index is 5.67. The first-order valence-corrected chi connectivity index (χ1v) is 6.90. The SMILES string of the molecule is Cc1cc(Oc2nc(C(C)C)ns2)ccc1Br. The van der Waals surface area contributed by atoms with E-state index in [0.717, 1.165) is 21.6 Å². The molecule has 1 aromatic carbocycles. The Labute approximate surface area is 113 Å². The lowest BCUT2D eigenvalue weighted by Crippen LogP contribution is -1.90. The maximum atomic E-state index is 5.67. The largest absolute Gasteiger partial charge is 0.430 e. The zero-order valence-corrected chi connectivity index (χ0v) is 12.3. The minimum absolute atomic E-state index is 0.329. The summed E-state index contributed by atoms with van der Waals surface area (Å²) in [6.45, 7) is 6.15. The fourth-order valence-corrected chi connectivity index (χ4v) is 2.22. The normalized spacial score (nSPS) is 10.9. The molecule has 0 spiro atoms. The standard InChI is InChI=1S/C12H13BrN2OS/c1-7(2)11-14-12(17-15-11)16-9-4-5-10(13)8(3)6-9/h4-7H,1-3H3. The molecule has 0 aliphatic rings. The molecule has 0 saturated heterocycles. The van der Waals surface area contributed by atoms with Crippen molar-refractivity contribution in [3.05, 3.63) is 34.1 Å². The van der Waals surface area contributed by atoms with Crippen LogP contribution in [0.15, 0.2) is 22.7 Å². The Morgan fingerprint density at radius 2 is 2.12 bits per heavy atom. The molecule has 5 heteroatoms. The lowest BCUT2D eigenvalue weighted by molar-refractivity contribution is 0.475. The number of halogens is 1. The Morgan fingerprint density at radius 3 is 2.71 bits per heavy atom. The molecule has 2 rings (SSSR count). The molecule has 3 nitrogen and oxygen atoms in total. The molecular formula is C12H13BrN2OS. The van der Waals surface area contributed by atoms with Gasteiger partial charge in [0.05, 0.1) is 0 Å². The third kappa shape index (κ3) is 3.04. The average Bonchev–Trinajstić information content (AvgIpc) is 2.72. The quantitative estimate of drug-likeness (QED) is 0.835. The second-order valence-corrected chi connectivity index (χ2v) is 5.65. The van der Waals surface area contributed by atoms with Crippen LogP contribution < -0.4 is 4.74 Å². The molecule has 1 aromatic heterocycles. The Kier molecular flexibility index (Phi) is 3.79. The lowest BCUT2D eigenvalue weighted by Gasteiger charge is -2.03. The number of nitrogens with zero attached hydrogens (tertiary/aromatic N) is 2. The molecule has 2 aromatic rings. The van der Waals surface area contributed by atoms with Gasteiger partial charge < -0.3 is 4.74 Å². The Morgan fingerprint density at radius 1 is 1.35 bits per heavy atom. The van der Waals surface area contributed by atoms with E-state index in [2.05, 4.69) is 39.1 Å². The van der Waals surface area contributed by atoms with E-state index in [9.17, 15) is 0 Å². The smallest absolute Gasteiger partial charge is 0.298 e. The Balaban J connectivity index is 2.16. The first-order valence-electron chi connectivity index (χ1n) is 5.34. The van der Waals surface area contributed by atoms with Crippen molar-refractivity contribution < 1.29 is 4.74 Å². The number of ether oxygens (including phenoxy) is 1. The highest BCUT2D eigenvalue weighted by Gasteiger charge is 2.09. The van der Waals surface area contributed by atoms with Gasteiger partial charge in [-0.25, -0.2) is 0 Å². The van der Waals surface area contributed by atoms with E-state index in [1.165, 1.54) is 11.5 Å². The molecule has 1 heterocycles. The van der Waals surface area contributed by atoms with Gasteiger partial charge in [0, 0.05) is 21.9 Å². The maximum Gasteiger partial charge on any atom is 0.298 e. The van der Waals surface area contributed by atoms with Crippen molar-refractivity contribution in [1.29, 1.82) is 0 Å². The van der Waals surface area contributed by atoms with Gasteiger partial charge >= 0.3 is 0 Å². The summed E-state index contributed by atoms with van der Waals surface area (Å²) in [6.07, 6.45) is 0. The number of aromatic nitrogens is 2. The summed E-state index contributed by atoms with van der Waals surface area (Å²) < 4.78 is 11.0. The summed E-state index contributed by atoms with van der Waals surface area (Å²) in [5, 5.41) is 0.593. The van der Waals surface area contributed by atoms with E-state index in [1.807, 2.05) is 25.1 Å². The van der Waals surface area contributed by atoms with E-state index in [0.29, 0.717) is 11.1 Å². The highest BCUT2D eigenvalue weighted by Crippen LogP contribution is 2.28. The number of benzene rings is 1. The highest BCUT2D eigenvalue weighted by molar-refractivity contribution is 9.10. The van der Waals surface area contributed by atoms with Crippen LogP contribution in [-0.2, 0) is 0 Å². The van der Waals surface area contributed by atoms with Crippen LogP contribution in [0.4, 0.5) is 0 Å². The second kappa shape index (κ2) is 5.14. The summed E-state index contributed by atoms with van der Waals surface area (Å²) in [5.41, 5.74) is 1.14. The third-order valence-electron chi connectivity index (χ3n) is 2.27. The molecule has 0 aliphatic heterocycles. The first-order chi connectivity index (χ1) is 8.06. The van der Waals surface area contributed by atoms with Crippen LogP contribution in [-0.4, -0.2) is 9.36 Å². The van der Waals surface area contributed by atoms with E-state index >= 15 is 0 Å². The molecule has 0 saturated carbocycles. The molecule has 0 atom stereocenters. The van der Waals surface area contributed by atoms with Crippen molar-refractivity contribution in [1.82, 2.24) is 9.36 Å². The molecular weight excluding hydrogens is 300 g/mol. The van der Waals surface area contributed by atoms with Gasteiger partial charge in [-0.15, -0.1) is 0 Å². The highest BCUT2D eigenvalue weighted by atomic mass is 79.9.